The van der Waals surface area contributed by atoms with Gasteiger partial charge in [-0.15, -0.1) is 0 Å². The van der Waals surface area contributed by atoms with Gasteiger partial charge in [0.05, 0.1) is 11.9 Å². The molecule has 28 heavy (non-hydrogen) atoms. The Kier molecular flexibility index (Phi) is 11.5. The average molecular weight is 385 g/mol. The fourth-order valence-corrected chi connectivity index (χ4v) is 2.77. The SMILES string of the molecule is C=C/C=C(/NCCN(C)CCNCc1cn[nH]n1)c1ccc(C)cc1C.CC. The van der Waals surface area contributed by atoms with Gasteiger partial charge >= 0.3 is 0 Å². The lowest BCUT2D eigenvalue weighted by atomic mass is 10.0. The minimum absolute atomic E-state index is 0.738. The number of aromatic nitrogens is 3. The lowest BCUT2D eigenvalue weighted by molar-refractivity contribution is 0.334. The second-order valence-electron chi connectivity index (χ2n) is 6.50. The van der Waals surface area contributed by atoms with Crippen molar-refractivity contribution in [3.8, 4) is 0 Å². The molecule has 154 valence electrons. The lowest BCUT2D eigenvalue weighted by Crippen LogP contribution is -2.34. The summed E-state index contributed by atoms with van der Waals surface area (Å²) >= 11 is 0. The molecule has 0 spiro atoms. The Bertz CT molecular complexity index is 706. The first kappa shape index (κ1) is 23.6. The molecule has 0 aliphatic carbocycles. The summed E-state index contributed by atoms with van der Waals surface area (Å²) in [6.07, 6.45) is 5.61. The van der Waals surface area contributed by atoms with Crippen LogP contribution in [-0.2, 0) is 6.54 Å². The maximum Gasteiger partial charge on any atom is 0.0962 e. The standard InChI is InChI=1S/C20H30N6.C2H6/c1-5-6-20(19-8-7-16(2)13-17(19)3)22-10-12-26(4)11-9-21-14-18-15-23-25-24-18;1-2/h5-8,13,15,21-22H,1,9-12,14H2,2-4H3,(H,23,24,25);1-2H3/b20-6+;. The molecule has 1 aromatic heterocycles. The zero-order valence-corrected chi connectivity index (χ0v) is 18.0. The zero-order valence-electron chi connectivity index (χ0n) is 18.0. The maximum atomic E-state index is 4.02. The molecule has 0 unspecified atom stereocenters. The van der Waals surface area contributed by atoms with Crippen LogP contribution in [-0.4, -0.2) is 53.5 Å². The van der Waals surface area contributed by atoms with Gasteiger partial charge in [-0.2, -0.15) is 15.4 Å². The average Bonchev–Trinajstić information content (AvgIpc) is 3.20. The van der Waals surface area contributed by atoms with E-state index in [1.807, 2.05) is 26.0 Å². The third-order valence-corrected chi connectivity index (χ3v) is 4.21. The molecule has 0 radical (unpaired) electrons. The number of hydrogen-bond acceptors (Lipinski definition) is 5. The Morgan fingerprint density at radius 2 is 1.96 bits per heavy atom. The molecule has 0 bridgehead atoms. The summed E-state index contributed by atoms with van der Waals surface area (Å²) in [5.74, 6) is 0. The first-order valence-electron chi connectivity index (χ1n) is 9.98. The van der Waals surface area contributed by atoms with Crippen molar-refractivity contribution in [3.63, 3.8) is 0 Å². The van der Waals surface area contributed by atoms with Gasteiger partial charge in [0.15, 0.2) is 0 Å². The third-order valence-electron chi connectivity index (χ3n) is 4.21. The number of nitrogens with one attached hydrogen (secondary N) is 3. The van der Waals surface area contributed by atoms with E-state index in [4.69, 9.17) is 0 Å². The molecular weight excluding hydrogens is 348 g/mol. The van der Waals surface area contributed by atoms with E-state index in [-0.39, 0.29) is 0 Å². The predicted octanol–water partition coefficient (Wildman–Crippen LogP) is 3.29. The van der Waals surface area contributed by atoms with Gasteiger partial charge in [-0.3, -0.25) is 0 Å². The van der Waals surface area contributed by atoms with Crippen molar-refractivity contribution < 1.29 is 0 Å². The highest BCUT2D eigenvalue weighted by atomic mass is 15.3. The molecule has 6 heteroatoms. The van der Waals surface area contributed by atoms with Crippen LogP contribution in [0.5, 0.6) is 0 Å². The lowest BCUT2D eigenvalue weighted by Gasteiger charge is -2.19. The van der Waals surface area contributed by atoms with Gasteiger partial charge in [0, 0.05) is 44.0 Å². The first-order valence-corrected chi connectivity index (χ1v) is 9.98. The Hall–Kier alpha value is -2.44. The van der Waals surface area contributed by atoms with Crippen molar-refractivity contribution >= 4 is 5.70 Å². The van der Waals surface area contributed by atoms with E-state index in [1.54, 1.807) is 6.20 Å². The van der Waals surface area contributed by atoms with Gasteiger partial charge in [-0.25, -0.2) is 0 Å². The Morgan fingerprint density at radius 3 is 2.61 bits per heavy atom. The predicted molar refractivity (Wildman–Crippen MR) is 119 cm³/mol. The van der Waals surface area contributed by atoms with Crippen molar-refractivity contribution in [1.82, 2.24) is 30.9 Å². The van der Waals surface area contributed by atoms with Crippen molar-refractivity contribution in [2.24, 2.45) is 0 Å². The highest BCUT2D eigenvalue weighted by Crippen LogP contribution is 2.18. The largest absolute Gasteiger partial charge is 0.383 e. The van der Waals surface area contributed by atoms with Crippen LogP contribution in [0.25, 0.3) is 5.70 Å². The van der Waals surface area contributed by atoms with E-state index >= 15 is 0 Å². The summed E-state index contributed by atoms with van der Waals surface area (Å²) in [5, 5.41) is 17.4. The van der Waals surface area contributed by atoms with Crippen LogP contribution < -0.4 is 10.6 Å². The molecule has 6 nitrogen and oxygen atoms in total. The molecule has 1 heterocycles. The molecule has 0 saturated heterocycles. The summed E-state index contributed by atoms with van der Waals surface area (Å²) in [4.78, 5) is 2.30. The van der Waals surface area contributed by atoms with Crippen LogP contribution in [0.15, 0.2) is 43.1 Å². The van der Waals surface area contributed by atoms with Crippen molar-refractivity contribution in [2.45, 2.75) is 34.2 Å². The van der Waals surface area contributed by atoms with E-state index in [0.29, 0.717) is 0 Å². The maximum absolute atomic E-state index is 4.02. The van der Waals surface area contributed by atoms with Crippen LogP contribution in [0.4, 0.5) is 0 Å². The fourth-order valence-electron chi connectivity index (χ4n) is 2.77. The van der Waals surface area contributed by atoms with Crippen molar-refractivity contribution in [1.29, 1.82) is 0 Å². The molecule has 0 amide bonds. The topological polar surface area (TPSA) is 68.9 Å². The molecular formula is C22H36N6. The van der Waals surface area contributed by atoms with Crippen LogP contribution in [0.3, 0.4) is 0 Å². The molecule has 0 aliphatic rings. The summed E-state index contributed by atoms with van der Waals surface area (Å²) < 4.78 is 0. The fraction of sp³-hybridized carbons (Fsp3) is 0.455. The minimum Gasteiger partial charge on any atom is -0.383 e. The molecule has 2 rings (SSSR count). The number of hydrogen-bond donors (Lipinski definition) is 3. The van der Waals surface area contributed by atoms with E-state index in [9.17, 15) is 0 Å². The first-order chi connectivity index (χ1) is 13.6. The number of aromatic amines is 1. The molecule has 3 N–H and O–H groups in total. The summed E-state index contributed by atoms with van der Waals surface area (Å²) in [5.41, 5.74) is 5.84. The van der Waals surface area contributed by atoms with Gasteiger partial charge in [-0.1, -0.05) is 50.3 Å². The van der Waals surface area contributed by atoms with Gasteiger partial charge in [0.1, 0.15) is 0 Å². The van der Waals surface area contributed by atoms with Crippen molar-refractivity contribution in [3.05, 3.63) is 65.5 Å². The number of nitrogens with zero attached hydrogens (tertiary/aromatic N) is 3. The van der Waals surface area contributed by atoms with Crippen LogP contribution in [0.2, 0.25) is 0 Å². The van der Waals surface area contributed by atoms with Gasteiger partial charge in [0.2, 0.25) is 0 Å². The molecule has 0 fully saturated rings. The Morgan fingerprint density at radius 1 is 1.21 bits per heavy atom. The smallest absolute Gasteiger partial charge is 0.0962 e. The number of aryl methyl sites for hydroxylation is 2. The van der Waals surface area contributed by atoms with Crippen molar-refractivity contribution in [2.75, 3.05) is 33.2 Å². The quantitative estimate of drug-likeness (QED) is 0.410. The van der Waals surface area contributed by atoms with E-state index in [1.165, 1.54) is 16.7 Å². The zero-order chi connectivity index (χ0) is 20.8. The Labute approximate surface area is 170 Å². The van der Waals surface area contributed by atoms with Gasteiger partial charge in [-0.05, 0) is 32.5 Å². The summed E-state index contributed by atoms with van der Waals surface area (Å²) in [6.45, 7) is 16.6. The van der Waals surface area contributed by atoms with Crippen LogP contribution >= 0.6 is 0 Å². The molecule has 2 aromatic rings. The highest BCUT2D eigenvalue weighted by Gasteiger charge is 2.05. The van der Waals surface area contributed by atoms with Crippen LogP contribution in [0.1, 0.15) is 36.2 Å². The normalized spacial score (nSPS) is 11.1. The second-order valence-corrected chi connectivity index (χ2v) is 6.50. The molecule has 0 aliphatic heterocycles. The molecule has 0 atom stereocenters. The number of H-pyrrole nitrogens is 1. The number of likely N-dealkylation sites (N-methyl/N-ethyl adjacent to an activating group) is 1. The second kappa shape index (κ2) is 13.7. The molecule has 0 saturated carbocycles. The van der Waals surface area contributed by atoms with E-state index < -0.39 is 0 Å². The highest BCUT2D eigenvalue weighted by molar-refractivity contribution is 5.68. The molecule has 1 aromatic carbocycles. The monoisotopic (exact) mass is 384 g/mol. The summed E-state index contributed by atoms with van der Waals surface area (Å²) in [7, 11) is 2.13. The van der Waals surface area contributed by atoms with E-state index in [0.717, 1.165) is 44.1 Å². The third kappa shape index (κ3) is 8.50. The minimum atomic E-state index is 0.738. The number of rotatable bonds is 11. The number of allylic oxidation sites excluding steroid dienone is 2. The van der Waals surface area contributed by atoms with E-state index in [2.05, 4.69) is 76.6 Å². The van der Waals surface area contributed by atoms with Gasteiger partial charge in [0.25, 0.3) is 0 Å². The Balaban J connectivity index is 0.00000190. The number of benzene rings is 1. The summed E-state index contributed by atoms with van der Waals surface area (Å²) in [6, 6.07) is 6.53. The van der Waals surface area contributed by atoms with Crippen LogP contribution in [0, 0.1) is 13.8 Å². The van der Waals surface area contributed by atoms with Gasteiger partial charge < -0.3 is 15.5 Å².